The summed E-state index contributed by atoms with van der Waals surface area (Å²) in [5.41, 5.74) is 5.08. The second-order valence-electron chi connectivity index (χ2n) is 7.55. The molecule has 0 saturated heterocycles. The van der Waals surface area contributed by atoms with Crippen molar-refractivity contribution in [3.05, 3.63) is 71.0 Å². The molecule has 0 aliphatic heterocycles. The van der Waals surface area contributed by atoms with Gasteiger partial charge in [0, 0.05) is 32.1 Å². The Bertz CT molecular complexity index is 1310. The van der Waals surface area contributed by atoms with E-state index in [-0.39, 0.29) is 0 Å². The number of rotatable bonds is 9. The van der Waals surface area contributed by atoms with E-state index in [0.717, 1.165) is 75.2 Å². The first-order valence-corrected chi connectivity index (χ1v) is 11.5. The topological polar surface area (TPSA) is 104 Å². The first-order valence-electron chi connectivity index (χ1n) is 10.7. The fourth-order valence-corrected chi connectivity index (χ4v) is 4.46. The fourth-order valence-electron chi connectivity index (χ4n) is 3.56. The highest BCUT2D eigenvalue weighted by molar-refractivity contribution is 7.18. The molecule has 4 aromatic heterocycles. The molecule has 3 N–H and O–H groups in total. The van der Waals surface area contributed by atoms with E-state index in [2.05, 4.69) is 54.6 Å². The van der Waals surface area contributed by atoms with Gasteiger partial charge in [0.05, 0.1) is 28.3 Å². The normalized spacial score (nSPS) is 11.4. The van der Waals surface area contributed by atoms with Gasteiger partial charge in [-0.2, -0.15) is 0 Å². The van der Waals surface area contributed by atoms with Crippen LogP contribution in [0.2, 0.25) is 0 Å². The number of aromatic amines is 1. The Morgan fingerprint density at radius 1 is 0.969 bits per heavy atom. The van der Waals surface area contributed by atoms with Gasteiger partial charge in [-0.1, -0.05) is 29.5 Å². The Kier molecular flexibility index (Phi) is 6.00. The van der Waals surface area contributed by atoms with E-state index in [4.69, 9.17) is 4.98 Å². The number of nitrogens with zero attached hydrogens (tertiary/aromatic N) is 5. The maximum atomic E-state index is 4.78. The zero-order valence-electron chi connectivity index (χ0n) is 17.8. The van der Waals surface area contributed by atoms with Crippen LogP contribution in [0.3, 0.4) is 0 Å². The van der Waals surface area contributed by atoms with E-state index in [0.29, 0.717) is 6.54 Å². The van der Waals surface area contributed by atoms with Crippen molar-refractivity contribution in [3.63, 3.8) is 0 Å². The molecule has 5 aromatic rings. The largest absolute Gasteiger partial charge is 0.362 e. The SMILES string of the molecule is Cc1cccnc1CNc1ncnc2sc(CCNCCc3nc4ccccc4[nH]3)nc12. The molecule has 32 heavy (non-hydrogen) atoms. The Balaban J connectivity index is 1.15. The average molecular weight is 445 g/mol. The number of imidazole rings is 1. The van der Waals surface area contributed by atoms with Crippen LogP contribution < -0.4 is 10.6 Å². The minimum atomic E-state index is 0.606. The van der Waals surface area contributed by atoms with Crippen molar-refractivity contribution in [2.45, 2.75) is 26.3 Å². The third-order valence-electron chi connectivity index (χ3n) is 5.27. The van der Waals surface area contributed by atoms with Crippen LogP contribution in [-0.2, 0) is 19.4 Å². The maximum absolute atomic E-state index is 4.78. The molecule has 8 nitrogen and oxygen atoms in total. The van der Waals surface area contributed by atoms with Gasteiger partial charge in [0.25, 0.3) is 0 Å². The molecule has 0 bridgehead atoms. The molecular formula is C23H24N8S. The smallest absolute Gasteiger partial charge is 0.157 e. The molecule has 0 aliphatic rings. The molecule has 1 aromatic carbocycles. The second-order valence-corrected chi connectivity index (χ2v) is 8.62. The molecule has 0 spiro atoms. The molecule has 0 saturated carbocycles. The highest BCUT2D eigenvalue weighted by Gasteiger charge is 2.11. The number of hydrogen-bond acceptors (Lipinski definition) is 8. The fraction of sp³-hybridized carbons (Fsp3) is 0.261. The summed E-state index contributed by atoms with van der Waals surface area (Å²) in [6.07, 6.45) is 5.10. The predicted octanol–water partition coefficient (Wildman–Crippen LogP) is 3.65. The number of fused-ring (bicyclic) bond motifs is 2. The van der Waals surface area contributed by atoms with E-state index < -0.39 is 0 Å². The van der Waals surface area contributed by atoms with Crippen molar-refractivity contribution >= 4 is 38.5 Å². The molecule has 0 unspecified atom stereocenters. The van der Waals surface area contributed by atoms with E-state index in [9.17, 15) is 0 Å². The van der Waals surface area contributed by atoms with Crippen molar-refractivity contribution in [2.24, 2.45) is 0 Å². The van der Waals surface area contributed by atoms with Gasteiger partial charge in [0.1, 0.15) is 22.5 Å². The molecule has 4 heterocycles. The number of H-pyrrole nitrogens is 1. The quantitative estimate of drug-likeness (QED) is 0.298. The Hall–Kier alpha value is -3.43. The zero-order valence-corrected chi connectivity index (χ0v) is 18.6. The number of thiazole rings is 1. The first kappa shape index (κ1) is 20.5. The lowest BCUT2D eigenvalue weighted by molar-refractivity contribution is 0.670. The van der Waals surface area contributed by atoms with Gasteiger partial charge < -0.3 is 15.6 Å². The molecule has 5 rings (SSSR count). The summed E-state index contributed by atoms with van der Waals surface area (Å²) in [6.45, 7) is 4.38. The highest BCUT2D eigenvalue weighted by atomic mass is 32.1. The summed E-state index contributed by atoms with van der Waals surface area (Å²) in [5.74, 6) is 1.76. The molecule has 162 valence electrons. The summed E-state index contributed by atoms with van der Waals surface area (Å²) in [6, 6.07) is 12.1. The number of benzene rings is 1. The van der Waals surface area contributed by atoms with Crippen molar-refractivity contribution in [1.29, 1.82) is 0 Å². The Morgan fingerprint density at radius 2 is 1.88 bits per heavy atom. The standard InChI is InChI=1S/C23H24N8S/c1-15-5-4-10-25-18(15)13-26-22-21-23(28-14-27-22)32-20(31-21)9-12-24-11-8-19-29-16-6-2-3-7-17(16)30-19/h2-7,10,14,24H,8-9,11-13H2,1H3,(H,29,30)(H,26,27,28). The van der Waals surface area contributed by atoms with Crippen LogP contribution in [0.15, 0.2) is 48.9 Å². The maximum Gasteiger partial charge on any atom is 0.157 e. The van der Waals surface area contributed by atoms with Crippen LogP contribution >= 0.6 is 11.3 Å². The number of hydrogen-bond donors (Lipinski definition) is 3. The van der Waals surface area contributed by atoms with E-state index >= 15 is 0 Å². The minimum Gasteiger partial charge on any atom is -0.362 e. The lowest BCUT2D eigenvalue weighted by Gasteiger charge is -2.07. The van der Waals surface area contributed by atoms with E-state index in [1.54, 1.807) is 17.7 Å². The summed E-state index contributed by atoms with van der Waals surface area (Å²) >= 11 is 1.62. The summed E-state index contributed by atoms with van der Waals surface area (Å²) < 4.78 is 0. The highest BCUT2D eigenvalue weighted by Crippen LogP contribution is 2.25. The van der Waals surface area contributed by atoms with Crippen molar-refractivity contribution in [3.8, 4) is 0 Å². The minimum absolute atomic E-state index is 0.606. The Morgan fingerprint density at radius 3 is 2.78 bits per heavy atom. The van der Waals surface area contributed by atoms with Crippen LogP contribution in [0.4, 0.5) is 5.82 Å². The van der Waals surface area contributed by atoms with Crippen LogP contribution in [0.25, 0.3) is 21.4 Å². The van der Waals surface area contributed by atoms with Gasteiger partial charge in [0.15, 0.2) is 5.82 Å². The number of anilines is 1. The van der Waals surface area contributed by atoms with Crippen LogP contribution in [0.5, 0.6) is 0 Å². The number of pyridine rings is 1. The molecule has 0 atom stereocenters. The first-order chi connectivity index (χ1) is 15.8. The summed E-state index contributed by atoms with van der Waals surface area (Å²) in [5, 5.41) is 7.90. The van der Waals surface area contributed by atoms with Crippen LogP contribution in [0.1, 0.15) is 22.1 Å². The van der Waals surface area contributed by atoms with Crippen LogP contribution in [-0.4, -0.2) is 43.0 Å². The third-order valence-corrected chi connectivity index (χ3v) is 6.30. The summed E-state index contributed by atoms with van der Waals surface area (Å²) in [7, 11) is 0. The average Bonchev–Trinajstić information content (AvgIpc) is 3.42. The predicted molar refractivity (Wildman–Crippen MR) is 128 cm³/mol. The Labute approximate surface area is 189 Å². The number of aromatic nitrogens is 6. The van der Waals surface area contributed by atoms with E-state index in [1.165, 1.54) is 0 Å². The van der Waals surface area contributed by atoms with Crippen molar-refractivity contribution in [1.82, 2.24) is 35.2 Å². The van der Waals surface area contributed by atoms with Gasteiger partial charge in [-0.15, -0.1) is 0 Å². The van der Waals surface area contributed by atoms with Crippen LogP contribution in [0, 0.1) is 6.92 Å². The monoisotopic (exact) mass is 444 g/mol. The lowest BCUT2D eigenvalue weighted by atomic mass is 10.2. The van der Waals surface area contributed by atoms with E-state index in [1.807, 2.05) is 30.5 Å². The van der Waals surface area contributed by atoms with Gasteiger partial charge in [-0.3, -0.25) is 4.98 Å². The summed E-state index contributed by atoms with van der Waals surface area (Å²) in [4.78, 5) is 26.9. The van der Waals surface area contributed by atoms with Gasteiger partial charge in [-0.25, -0.2) is 19.9 Å². The number of nitrogens with one attached hydrogen (secondary N) is 3. The van der Waals surface area contributed by atoms with Gasteiger partial charge >= 0.3 is 0 Å². The lowest BCUT2D eigenvalue weighted by Crippen LogP contribution is -2.20. The van der Waals surface area contributed by atoms with Crippen molar-refractivity contribution in [2.75, 3.05) is 18.4 Å². The molecule has 0 aliphatic carbocycles. The molecule has 0 radical (unpaired) electrons. The molecule has 0 amide bonds. The molecule has 0 fully saturated rings. The van der Waals surface area contributed by atoms with Gasteiger partial charge in [-0.05, 0) is 30.7 Å². The molecular weight excluding hydrogens is 420 g/mol. The molecule has 9 heteroatoms. The van der Waals surface area contributed by atoms with Gasteiger partial charge in [0.2, 0.25) is 0 Å². The zero-order chi connectivity index (χ0) is 21.8. The number of para-hydroxylation sites is 2. The number of aryl methyl sites for hydroxylation is 1. The second kappa shape index (κ2) is 9.37. The van der Waals surface area contributed by atoms with Crippen molar-refractivity contribution < 1.29 is 0 Å². The third kappa shape index (κ3) is 4.58.